The molecule has 0 fully saturated rings. The molecule has 1 aliphatic heterocycles. The van der Waals surface area contributed by atoms with Crippen LogP contribution in [0.3, 0.4) is 0 Å². The highest BCUT2D eigenvalue weighted by Gasteiger charge is 2.51. The first-order valence-electron chi connectivity index (χ1n) is 14.2. The molecule has 0 N–H and O–H groups in total. The van der Waals surface area contributed by atoms with Gasteiger partial charge in [0.05, 0.1) is 19.6 Å². The predicted molar refractivity (Wildman–Crippen MR) is 168 cm³/mol. The third-order valence-electron chi connectivity index (χ3n) is 8.79. The van der Waals surface area contributed by atoms with Crippen molar-refractivity contribution in [3.8, 4) is 56.4 Å². The van der Waals surface area contributed by atoms with E-state index in [0.29, 0.717) is 0 Å². The summed E-state index contributed by atoms with van der Waals surface area (Å²) in [5.41, 5.74) is 11.4. The van der Waals surface area contributed by atoms with Crippen molar-refractivity contribution in [2.45, 2.75) is 5.41 Å². The van der Waals surface area contributed by atoms with Crippen LogP contribution in [0.15, 0.2) is 133 Å². The van der Waals surface area contributed by atoms with E-state index in [1.807, 2.05) is 24.3 Å². The number of rotatable bonds is 4. The molecule has 8 rings (SSSR count). The van der Waals surface area contributed by atoms with Gasteiger partial charge < -0.3 is 14.2 Å². The SMILES string of the molecule is COc1ccc(-c2ccc3c(c2)C2(c4ccccc4Oc4ccccc42)c2cc(-c4ccc(OC)cc4)ccc2-3)cc1. The molecule has 202 valence electrons. The van der Waals surface area contributed by atoms with Gasteiger partial charge in [-0.1, -0.05) is 84.9 Å². The molecule has 0 atom stereocenters. The van der Waals surface area contributed by atoms with Gasteiger partial charge in [0.2, 0.25) is 0 Å². The molecule has 2 aliphatic rings. The molecule has 1 aliphatic carbocycles. The van der Waals surface area contributed by atoms with Crippen LogP contribution in [0.4, 0.5) is 0 Å². The van der Waals surface area contributed by atoms with Gasteiger partial charge in [0.15, 0.2) is 0 Å². The summed E-state index contributed by atoms with van der Waals surface area (Å²) >= 11 is 0. The van der Waals surface area contributed by atoms with Gasteiger partial charge in [-0.2, -0.15) is 0 Å². The van der Waals surface area contributed by atoms with Gasteiger partial charge in [0, 0.05) is 11.1 Å². The Morgan fingerprint density at radius 1 is 0.429 bits per heavy atom. The molecule has 0 bridgehead atoms. The van der Waals surface area contributed by atoms with E-state index >= 15 is 0 Å². The van der Waals surface area contributed by atoms with Crippen LogP contribution in [0.25, 0.3) is 33.4 Å². The van der Waals surface area contributed by atoms with E-state index in [-0.39, 0.29) is 0 Å². The minimum Gasteiger partial charge on any atom is -0.497 e. The number of ether oxygens (including phenoxy) is 3. The van der Waals surface area contributed by atoms with Crippen LogP contribution in [-0.4, -0.2) is 14.2 Å². The van der Waals surface area contributed by atoms with Crippen molar-refractivity contribution >= 4 is 0 Å². The lowest BCUT2D eigenvalue weighted by atomic mass is 9.65. The number of fused-ring (bicyclic) bond motifs is 9. The maximum Gasteiger partial charge on any atom is 0.132 e. The molecular weight excluding hydrogens is 516 g/mol. The zero-order valence-electron chi connectivity index (χ0n) is 23.4. The molecule has 0 amide bonds. The number of methoxy groups -OCH3 is 2. The fourth-order valence-electron chi connectivity index (χ4n) is 6.82. The van der Waals surface area contributed by atoms with Gasteiger partial charge in [-0.25, -0.2) is 0 Å². The maximum absolute atomic E-state index is 6.55. The summed E-state index contributed by atoms with van der Waals surface area (Å²) in [4.78, 5) is 0. The lowest BCUT2D eigenvalue weighted by molar-refractivity contribution is 0.415. The Kier molecular flexibility index (Phi) is 5.48. The van der Waals surface area contributed by atoms with E-state index in [1.165, 1.54) is 33.4 Å². The molecule has 0 saturated carbocycles. The number of benzene rings is 6. The number of para-hydroxylation sites is 2. The first-order valence-corrected chi connectivity index (χ1v) is 14.2. The maximum atomic E-state index is 6.55. The lowest BCUT2D eigenvalue weighted by Crippen LogP contribution is -2.32. The van der Waals surface area contributed by atoms with Crippen molar-refractivity contribution in [2.24, 2.45) is 0 Å². The van der Waals surface area contributed by atoms with Crippen molar-refractivity contribution in [3.05, 3.63) is 156 Å². The summed E-state index contributed by atoms with van der Waals surface area (Å²) < 4.78 is 17.4. The standard InChI is InChI=1S/C39H28O3/c1-40-29-17-11-25(12-18-29)27-15-21-31-32-22-16-28(26-13-19-30(41-2)20-14-26)24-36(32)39(35(31)23-27)33-7-3-5-9-37(33)42-38-10-6-4-8-34(38)39/h3-24H,1-2H3. The van der Waals surface area contributed by atoms with E-state index in [1.54, 1.807) is 14.2 Å². The predicted octanol–water partition coefficient (Wildman–Crippen LogP) is 9.51. The first kappa shape index (κ1) is 24.5. The van der Waals surface area contributed by atoms with Crippen LogP contribution in [0.2, 0.25) is 0 Å². The molecule has 3 nitrogen and oxygen atoms in total. The minimum atomic E-state index is -0.541. The Balaban J connectivity index is 1.43. The van der Waals surface area contributed by atoms with Crippen LogP contribution in [0, 0.1) is 0 Å². The summed E-state index contributed by atoms with van der Waals surface area (Å²) in [5.74, 6) is 3.48. The van der Waals surface area contributed by atoms with Crippen LogP contribution in [0.5, 0.6) is 23.0 Å². The van der Waals surface area contributed by atoms with Crippen molar-refractivity contribution in [2.75, 3.05) is 14.2 Å². The molecule has 0 radical (unpaired) electrons. The second-order valence-corrected chi connectivity index (χ2v) is 10.8. The summed E-state index contributed by atoms with van der Waals surface area (Å²) in [7, 11) is 3.40. The largest absolute Gasteiger partial charge is 0.497 e. The van der Waals surface area contributed by atoms with Gasteiger partial charge in [-0.05, 0) is 93.0 Å². The van der Waals surface area contributed by atoms with Crippen molar-refractivity contribution < 1.29 is 14.2 Å². The molecule has 0 unspecified atom stereocenters. The summed E-state index contributed by atoms with van der Waals surface area (Å²) in [6.07, 6.45) is 0. The Bertz CT molecular complexity index is 1830. The monoisotopic (exact) mass is 544 g/mol. The minimum absolute atomic E-state index is 0.541. The van der Waals surface area contributed by atoms with E-state index in [0.717, 1.165) is 45.3 Å². The van der Waals surface area contributed by atoms with Gasteiger partial charge in [-0.15, -0.1) is 0 Å². The van der Waals surface area contributed by atoms with Crippen LogP contribution >= 0.6 is 0 Å². The van der Waals surface area contributed by atoms with Gasteiger partial charge in [-0.3, -0.25) is 0 Å². The fourth-order valence-corrected chi connectivity index (χ4v) is 6.82. The Hall–Kier alpha value is -5.28. The summed E-state index contributed by atoms with van der Waals surface area (Å²) in [6.45, 7) is 0. The molecule has 42 heavy (non-hydrogen) atoms. The van der Waals surface area contributed by atoms with Crippen LogP contribution in [-0.2, 0) is 5.41 Å². The molecule has 1 heterocycles. The quantitative estimate of drug-likeness (QED) is 0.221. The average molecular weight is 545 g/mol. The zero-order chi connectivity index (χ0) is 28.3. The number of hydrogen-bond donors (Lipinski definition) is 0. The van der Waals surface area contributed by atoms with Gasteiger partial charge in [0.25, 0.3) is 0 Å². The van der Waals surface area contributed by atoms with Gasteiger partial charge in [0.1, 0.15) is 23.0 Å². The Morgan fingerprint density at radius 2 is 0.833 bits per heavy atom. The molecular formula is C39H28O3. The topological polar surface area (TPSA) is 27.7 Å². The van der Waals surface area contributed by atoms with Gasteiger partial charge >= 0.3 is 0 Å². The normalized spacial score (nSPS) is 13.4. The Morgan fingerprint density at radius 3 is 1.26 bits per heavy atom. The lowest BCUT2D eigenvalue weighted by Gasteiger charge is -2.39. The molecule has 0 saturated heterocycles. The third kappa shape index (κ3) is 3.47. The molecule has 6 aromatic rings. The van der Waals surface area contributed by atoms with E-state index < -0.39 is 5.41 Å². The second kappa shape index (κ2) is 9.39. The van der Waals surface area contributed by atoms with Crippen molar-refractivity contribution in [3.63, 3.8) is 0 Å². The highest BCUT2D eigenvalue weighted by Crippen LogP contribution is 2.62. The Labute approximate surface area is 245 Å². The molecule has 1 spiro atoms. The summed E-state index contributed by atoms with van der Waals surface area (Å²) in [6, 6.07) is 47.4. The van der Waals surface area contributed by atoms with E-state index in [2.05, 4.69) is 109 Å². The average Bonchev–Trinajstić information content (AvgIpc) is 3.34. The van der Waals surface area contributed by atoms with Crippen molar-refractivity contribution in [1.29, 1.82) is 0 Å². The van der Waals surface area contributed by atoms with E-state index in [9.17, 15) is 0 Å². The third-order valence-corrected chi connectivity index (χ3v) is 8.79. The first-order chi connectivity index (χ1) is 20.7. The highest BCUT2D eigenvalue weighted by molar-refractivity contribution is 5.91. The van der Waals surface area contributed by atoms with Crippen LogP contribution in [0.1, 0.15) is 22.3 Å². The van der Waals surface area contributed by atoms with E-state index in [4.69, 9.17) is 14.2 Å². The fraction of sp³-hybridized carbons (Fsp3) is 0.0769. The number of hydrogen-bond acceptors (Lipinski definition) is 3. The molecule has 6 aromatic carbocycles. The summed E-state index contributed by atoms with van der Waals surface area (Å²) in [5, 5.41) is 0. The highest BCUT2D eigenvalue weighted by atomic mass is 16.5. The zero-order valence-corrected chi connectivity index (χ0v) is 23.4. The van der Waals surface area contributed by atoms with Crippen molar-refractivity contribution in [1.82, 2.24) is 0 Å². The molecule has 3 heteroatoms. The molecule has 0 aromatic heterocycles. The van der Waals surface area contributed by atoms with Crippen LogP contribution < -0.4 is 14.2 Å². The smallest absolute Gasteiger partial charge is 0.132 e. The second-order valence-electron chi connectivity index (χ2n) is 10.8.